The number of hydrogen-bond donors (Lipinski definition) is 0. The summed E-state index contributed by atoms with van der Waals surface area (Å²) in [6.07, 6.45) is 0. The third-order valence-electron chi connectivity index (χ3n) is 0. The Labute approximate surface area is 67.1 Å². The Balaban J connectivity index is 0. The molecule has 43 valence electrons. The Bertz CT molecular complexity index is 10.8. The minimum atomic E-state index is 0. The normalized spacial score (nSPS) is 0. The predicted octanol–water partition coefficient (Wildman–Crippen LogP) is -0.916. The molecule has 1 radical (unpaired) electrons. The molecule has 0 aromatic heterocycles. The molecule has 0 aliphatic heterocycles. The second kappa shape index (κ2) is 94.2. The van der Waals surface area contributed by atoms with E-state index >= 15 is 0 Å². The molecule has 0 fully saturated rings. The van der Waals surface area contributed by atoms with Crippen LogP contribution < -0.4 is 0 Å². The van der Waals surface area contributed by atoms with E-state index in [1.165, 1.54) is 0 Å². The van der Waals surface area contributed by atoms with Gasteiger partial charge >= 0.3 is 17.4 Å². The summed E-state index contributed by atoms with van der Waals surface area (Å²) in [5.74, 6) is 0. The second-order valence-electron chi connectivity index (χ2n) is 0. The molecular weight excluding hydrogens is 193 g/mol. The Morgan fingerprint density at radius 3 is 0.667 bits per heavy atom. The van der Waals surface area contributed by atoms with Crippen LogP contribution in [0.1, 0.15) is 0 Å². The molecule has 0 spiro atoms. The molecule has 0 heterocycles. The van der Waals surface area contributed by atoms with Gasteiger partial charge in [-0.25, -0.2) is 0 Å². The first-order valence-corrected chi connectivity index (χ1v) is 0. The van der Waals surface area contributed by atoms with Crippen LogP contribution in [-0.2, 0) is 33.3 Å². The summed E-state index contributed by atoms with van der Waals surface area (Å²) in [5.41, 5.74) is 0. The SMILES string of the molecule is [Al+3].[Co].[Ni].[OH-].[OH-].[OH-]. The maximum absolute atomic E-state index is 0. The van der Waals surface area contributed by atoms with Crippen molar-refractivity contribution in [2.45, 2.75) is 0 Å². The van der Waals surface area contributed by atoms with Gasteiger partial charge in [0.15, 0.2) is 0 Å². The van der Waals surface area contributed by atoms with Crippen LogP contribution >= 0.6 is 0 Å². The summed E-state index contributed by atoms with van der Waals surface area (Å²) >= 11 is 0. The molecular formula is H3AlCoNiO3. The zero-order chi connectivity index (χ0) is 0. The fourth-order valence-corrected chi connectivity index (χ4v) is 0. The Hall–Kier alpha value is 1.41. The van der Waals surface area contributed by atoms with Gasteiger partial charge < -0.3 is 16.4 Å². The summed E-state index contributed by atoms with van der Waals surface area (Å²) < 4.78 is 0. The summed E-state index contributed by atoms with van der Waals surface area (Å²) in [7, 11) is 0. The minimum Gasteiger partial charge on any atom is -0.870 e. The van der Waals surface area contributed by atoms with Gasteiger partial charge in [0.05, 0.1) is 0 Å². The van der Waals surface area contributed by atoms with Crippen molar-refractivity contribution in [3.05, 3.63) is 0 Å². The molecule has 3 nitrogen and oxygen atoms in total. The van der Waals surface area contributed by atoms with Gasteiger partial charge in [-0.05, 0) is 0 Å². The predicted molar refractivity (Wildman–Crippen MR) is 11.6 cm³/mol. The quantitative estimate of drug-likeness (QED) is 0.469. The van der Waals surface area contributed by atoms with Crippen molar-refractivity contribution in [3.63, 3.8) is 0 Å². The molecule has 0 rings (SSSR count). The van der Waals surface area contributed by atoms with Gasteiger partial charge in [0.25, 0.3) is 0 Å². The topological polar surface area (TPSA) is 90.0 Å². The van der Waals surface area contributed by atoms with Crippen LogP contribution in [-0.4, -0.2) is 33.8 Å². The molecule has 0 bridgehead atoms. The van der Waals surface area contributed by atoms with E-state index in [0.29, 0.717) is 0 Å². The van der Waals surface area contributed by atoms with Crippen LogP contribution in [0.4, 0.5) is 0 Å². The van der Waals surface area contributed by atoms with Crippen LogP contribution in [0.15, 0.2) is 0 Å². The van der Waals surface area contributed by atoms with E-state index in [1.54, 1.807) is 0 Å². The Morgan fingerprint density at radius 2 is 0.667 bits per heavy atom. The van der Waals surface area contributed by atoms with E-state index in [0.717, 1.165) is 0 Å². The van der Waals surface area contributed by atoms with E-state index in [4.69, 9.17) is 0 Å². The molecule has 0 unspecified atom stereocenters. The summed E-state index contributed by atoms with van der Waals surface area (Å²) in [6.45, 7) is 0. The van der Waals surface area contributed by atoms with Gasteiger partial charge in [-0.3, -0.25) is 0 Å². The first kappa shape index (κ1) is 153. The molecule has 0 aromatic carbocycles. The fraction of sp³-hybridized carbons (Fsp3) is 0. The van der Waals surface area contributed by atoms with Gasteiger partial charge in [-0.15, -0.1) is 0 Å². The smallest absolute Gasteiger partial charge is 0.870 e. The monoisotopic (exact) mass is 195 g/mol. The van der Waals surface area contributed by atoms with Crippen LogP contribution in [0.3, 0.4) is 0 Å². The van der Waals surface area contributed by atoms with E-state index in [-0.39, 0.29) is 67.1 Å². The van der Waals surface area contributed by atoms with Gasteiger partial charge in [-0.1, -0.05) is 0 Å². The van der Waals surface area contributed by atoms with Crippen LogP contribution in [0.25, 0.3) is 0 Å². The van der Waals surface area contributed by atoms with Gasteiger partial charge in [0, 0.05) is 33.3 Å². The van der Waals surface area contributed by atoms with E-state index < -0.39 is 0 Å². The molecule has 0 saturated heterocycles. The molecule has 0 aromatic rings. The van der Waals surface area contributed by atoms with Crippen molar-refractivity contribution in [2.75, 3.05) is 0 Å². The van der Waals surface area contributed by atoms with Crippen molar-refractivity contribution < 1.29 is 49.7 Å². The largest absolute Gasteiger partial charge is 3.00 e. The Kier molecular flexibility index (Phi) is 2400. The minimum absolute atomic E-state index is 0. The van der Waals surface area contributed by atoms with Crippen molar-refractivity contribution in [1.82, 2.24) is 0 Å². The van der Waals surface area contributed by atoms with Crippen LogP contribution in [0, 0.1) is 0 Å². The van der Waals surface area contributed by atoms with Gasteiger partial charge in [-0.2, -0.15) is 0 Å². The molecule has 6 heavy (non-hydrogen) atoms. The molecule has 3 N–H and O–H groups in total. The van der Waals surface area contributed by atoms with Crippen molar-refractivity contribution in [1.29, 1.82) is 0 Å². The fourth-order valence-electron chi connectivity index (χ4n) is 0. The molecule has 0 saturated carbocycles. The van der Waals surface area contributed by atoms with Gasteiger partial charge in [0.1, 0.15) is 0 Å². The van der Waals surface area contributed by atoms with E-state index in [9.17, 15) is 0 Å². The summed E-state index contributed by atoms with van der Waals surface area (Å²) in [5, 5.41) is 0. The Morgan fingerprint density at radius 1 is 0.667 bits per heavy atom. The zero-order valence-corrected chi connectivity index (χ0v) is 5.75. The average Bonchev–Trinajstić information content (AvgIpc) is 0. The van der Waals surface area contributed by atoms with Crippen LogP contribution in [0.2, 0.25) is 0 Å². The second-order valence-corrected chi connectivity index (χ2v) is 0. The standard InChI is InChI=1S/Al.Co.Ni.3H2O/h;;;3*1H2/q+3;;;;;/p-3. The number of rotatable bonds is 0. The maximum Gasteiger partial charge on any atom is 3.00 e. The first-order chi connectivity index (χ1) is 0. The third-order valence-corrected chi connectivity index (χ3v) is 0. The van der Waals surface area contributed by atoms with E-state index in [2.05, 4.69) is 0 Å². The summed E-state index contributed by atoms with van der Waals surface area (Å²) in [4.78, 5) is 0. The maximum atomic E-state index is 0. The molecule has 0 atom stereocenters. The van der Waals surface area contributed by atoms with Crippen molar-refractivity contribution in [3.8, 4) is 0 Å². The van der Waals surface area contributed by atoms with Crippen molar-refractivity contribution >= 4 is 17.4 Å². The van der Waals surface area contributed by atoms with Crippen LogP contribution in [0.5, 0.6) is 0 Å². The first-order valence-electron chi connectivity index (χ1n) is 0. The zero-order valence-electron chi connectivity index (χ0n) is 2.57. The molecule has 0 aliphatic carbocycles. The molecule has 0 aliphatic rings. The number of hydrogen-bond acceptors (Lipinski definition) is 3. The van der Waals surface area contributed by atoms with Crippen molar-refractivity contribution in [2.24, 2.45) is 0 Å². The average molecular weight is 196 g/mol. The third kappa shape index (κ3) is 52.8. The molecule has 6 heteroatoms. The van der Waals surface area contributed by atoms with E-state index in [1.807, 2.05) is 0 Å². The molecule has 0 amide bonds. The summed E-state index contributed by atoms with van der Waals surface area (Å²) in [6, 6.07) is 0. The van der Waals surface area contributed by atoms with Gasteiger partial charge in [0.2, 0.25) is 0 Å².